The third-order valence-electron chi connectivity index (χ3n) is 3.30. The highest BCUT2D eigenvalue weighted by Gasteiger charge is 2.29. The van der Waals surface area contributed by atoms with E-state index in [1.54, 1.807) is 0 Å². The van der Waals surface area contributed by atoms with E-state index in [0.29, 0.717) is 26.4 Å². The minimum Gasteiger partial charge on any atom is -0.396 e. The van der Waals surface area contributed by atoms with Crippen molar-refractivity contribution in [2.75, 3.05) is 74.3 Å². The molecule has 0 rings (SSSR count). The van der Waals surface area contributed by atoms with Gasteiger partial charge in [-0.05, 0) is 34.6 Å². The predicted molar refractivity (Wildman–Crippen MR) is 83.2 cm³/mol. The zero-order chi connectivity index (χ0) is 15.4. The van der Waals surface area contributed by atoms with Gasteiger partial charge in [0.25, 0.3) is 0 Å². The first-order valence-corrected chi connectivity index (χ1v) is 7.51. The Hall–Kier alpha value is -0.200. The summed E-state index contributed by atoms with van der Waals surface area (Å²) in [6.45, 7) is 6.55. The van der Waals surface area contributed by atoms with Gasteiger partial charge in [0.15, 0.2) is 0 Å². The summed E-state index contributed by atoms with van der Waals surface area (Å²) in [5.74, 6) is 0. The lowest BCUT2D eigenvalue weighted by Crippen LogP contribution is -2.37. The van der Waals surface area contributed by atoms with Crippen LogP contribution in [-0.2, 0) is 9.47 Å². The lowest BCUT2D eigenvalue weighted by molar-refractivity contribution is -0.0587. The summed E-state index contributed by atoms with van der Waals surface area (Å²) in [6.07, 6.45) is 1.95. The molecule has 0 aromatic heterocycles. The number of hydrogen-bond acceptors (Lipinski definition) is 5. The van der Waals surface area contributed by atoms with E-state index in [9.17, 15) is 5.11 Å². The number of ether oxygens (including phenoxy) is 2. The molecule has 0 aromatic rings. The van der Waals surface area contributed by atoms with Crippen molar-refractivity contribution in [2.45, 2.75) is 19.8 Å². The van der Waals surface area contributed by atoms with Gasteiger partial charge in [-0.15, -0.1) is 0 Å². The highest BCUT2D eigenvalue weighted by atomic mass is 16.5. The van der Waals surface area contributed by atoms with E-state index in [-0.39, 0.29) is 12.0 Å². The molecule has 0 aliphatic heterocycles. The van der Waals surface area contributed by atoms with Crippen LogP contribution in [0.4, 0.5) is 0 Å². The van der Waals surface area contributed by atoms with Gasteiger partial charge >= 0.3 is 0 Å². The lowest BCUT2D eigenvalue weighted by Gasteiger charge is -2.31. The molecule has 0 saturated carbocycles. The van der Waals surface area contributed by atoms with Crippen LogP contribution in [0.3, 0.4) is 0 Å². The van der Waals surface area contributed by atoms with Crippen molar-refractivity contribution in [1.82, 2.24) is 9.80 Å². The molecule has 122 valence electrons. The molecular formula is C15H34N2O3. The molecule has 0 fully saturated rings. The Kier molecular flexibility index (Phi) is 11.3. The lowest BCUT2D eigenvalue weighted by atomic mass is 9.86. The number of hydrogen-bond donors (Lipinski definition) is 1. The van der Waals surface area contributed by atoms with Crippen LogP contribution in [0.15, 0.2) is 0 Å². The SMILES string of the molecule is CCCC(CO)(COCCN(C)C)COCCN(C)C. The second-order valence-electron chi connectivity index (χ2n) is 6.12. The van der Waals surface area contributed by atoms with Crippen LogP contribution in [-0.4, -0.2) is 89.2 Å². The van der Waals surface area contributed by atoms with Gasteiger partial charge in [-0.2, -0.15) is 0 Å². The van der Waals surface area contributed by atoms with Crippen LogP contribution in [0.1, 0.15) is 19.8 Å². The largest absolute Gasteiger partial charge is 0.396 e. The van der Waals surface area contributed by atoms with Crippen molar-refractivity contribution >= 4 is 0 Å². The normalized spacial score (nSPS) is 12.6. The van der Waals surface area contributed by atoms with Gasteiger partial charge in [0.05, 0.1) is 33.0 Å². The number of aliphatic hydroxyl groups excluding tert-OH is 1. The molecule has 0 aliphatic carbocycles. The predicted octanol–water partition coefficient (Wildman–Crippen LogP) is 0.922. The van der Waals surface area contributed by atoms with Crippen LogP contribution in [0.25, 0.3) is 0 Å². The van der Waals surface area contributed by atoms with Crippen molar-refractivity contribution in [3.63, 3.8) is 0 Å². The summed E-state index contributed by atoms with van der Waals surface area (Å²) < 4.78 is 11.5. The molecule has 0 aliphatic rings. The van der Waals surface area contributed by atoms with E-state index in [2.05, 4.69) is 16.7 Å². The Bertz CT molecular complexity index is 207. The molecule has 0 unspecified atom stereocenters. The zero-order valence-corrected chi connectivity index (χ0v) is 14.0. The van der Waals surface area contributed by atoms with Gasteiger partial charge in [0, 0.05) is 18.5 Å². The molecule has 0 bridgehead atoms. The number of aliphatic hydroxyl groups is 1. The van der Waals surface area contributed by atoms with Gasteiger partial charge in [-0.1, -0.05) is 13.3 Å². The second-order valence-corrected chi connectivity index (χ2v) is 6.12. The molecular weight excluding hydrogens is 256 g/mol. The quantitative estimate of drug-likeness (QED) is 0.511. The van der Waals surface area contributed by atoms with Crippen molar-refractivity contribution in [2.24, 2.45) is 5.41 Å². The molecule has 0 saturated heterocycles. The van der Waals surface area contributed by atoms with Crippen molar-refractivity contribution in [3.05, 3.63) is 0 Å². The van der Waals surface area contributed by atoms with Crippen LogP contribution in [0, 0.1) is 5.41 Å². The third-order valence-corrected chi connectivity index (χ3v) is 3.30. The van der Waals surface area contributed by atoms with Gasteiger partial charge in [-0.3, -0.25) is 0 Å². The first-order valence-electron chi connectivity index (χ1n) is 7.51. The van der Waals surface area contributed by atoms with E-state index < -0.39 is 0 Å². The molecule has 1 N–H and O–H groups in total. The smallest absolute Gasteiger partial charge is 0.0593 e. The Balaban J connectivity index is 4.13. The van der Waals surface area contributed by atoms with Gasteiger partial charge in [-0.25, -0.2) is 0 Å². The van der Waals surface area contributed by atoms with Crippen molar-refractivity contribution in [1.29, 1.82) is 0 Å². The highest BCUT2D eigenvalue weighted by molar-refractivity contribution is 4.78. The Labute approximate surface area is 124 Å². The summed E-state index contributed by atoms with van der Waals surface area (Å²) in [5.41, 5.74) is -0.257. The Morgan fingerprint density at radius 2 is 1.35 bits per heavy atom. The van der Waals surface area contributed by atoms with Crippen LogP contribution < -0.4 is 0 Å². The fraction of sp³-hybridized carbons (Fsp3) is 1.00. The average molecular weight is 290 g/mol. The minimum atomic E-state index is -0.257. The molecule has 0 aromatic carbocycles. The Morgan fingerprint density at radius 3 is 1.65 bits per heavy atom. The molecule has 5 nitrogen and oxygen atoms in total. The fourth-order valence-electron chi connectivity index (χ4n) is 1.96. The molecule has 0 heterocycles. The maximum absolute atomic E-state index is 9.74. The molecule has 0 radical (unpaired) electrons. The van der Waals surface area contributed by atoms with E-state index in [0.717, 1.165) is 25.9 Å². The van der Waals surface area contributed by atoms with E-state index in [1.165, 1.54) is 0 Å². The zero-order valence-electron chi connectivity index (χ0n) is 14.0. The summed E-state index contributed by atoms with van der Waals surface area (Å²) in [4.78, 5) is 4.18. The third kappa shape index (κ3) is 9.66. The molecule has 5 heteroatoms. The average Bonchev–Trinajstić information content (AvgIpc) is 2.39. The molecule has 20 heavy (non-hydrogen) atoms. The second kappa shape index (κ2) is 11.5. The van der Waals surface area contributed by atoms with Crippen molar-refractivity contribution in [3.8, 4) is 0 Å². The Morgan fingerprint density at radius 1 is 0.900 bits per heavy atom. The van der Waals surface area contributed by atoms with Gasteiger partial charge < -0.3 is 24.4 Å². The minimum absolute atomic E-state index is 0.116. The highest BCUT2D eigenvalue weighted by Crippen LogP contribution is 2.24. The van der Waals surface area contributed by atoms with Gasteiger partial charge in [0.2, 0.25) is 0 Å². The summed E-state index contributed by atoms with van der Waals surface area (Å²) in [7, 11) is 8.11. The van der Waals surface area contributed by atoms with Crippen molar-refractivity contribution < 1.29 is 14.6 Å². The van der Waals surface area contributed by atoms with Crippen LogP contribution in [0.5, 0.6) is 0 Å². The van der Waals surface area contributed by atoms with Crippen LogP contribution >= 0.6 is 0 Å². The number of nitrogens with zero attached hydrogens (tertiary/aromatic N) is 2. The molecule has 0 spiro atoms. The monoisotopic (exact) mass is 290 g/mol. The fourth-order valence-corrected chi connectivity index (χ4v) is 1.96. The molecule has 0 atom stereocenters. The van der Waals surface area contributed by atoms with Crippen LogP contribution in [0.2, 0.25) is 0 Å². The standard InChI is InChI=1S/C15H34N2O3/c1-6-7-15(12-18,13-19-10-8-16(2)3)14-20-11-9-17(4)5/h18H,6-14H2,1-5H3. The number of likely N-dealkylation sites (N-methyl/N-ethyl adjacent to an activating group) is 2. The maximum Gasteiger partial charge on any atom is 0.0593 e. The van der Waals surface area contributed by atoms with E-state index in [4.69, 9.17) is 9.47 Å². The first-order chi connectivity index (χ1) is 9.45. The maximum atomic E-state index is 9.74. The molecule has 0 amide bonds. The first kappa shape index (κ1) is 19.8. The van der Waals surface area contributed by atoms with E-state index >= 15 is 0 Å². The summed E-state index contributed by atoms with van der Waals surface area (Å²) in [5, 5.41) is 9.74. The summed E-state index contributed by atoms with van der Waals surface area (Å²) >= 11 is 0. The van der Waals surface area contributed by atoms with Gasteiger partial charge in [0.1, 0.15) is 0 Å². The number of rotatable bonds is 13. The topological polar surface area (TPSA) is 45.2 Å². The van der Waals surface area contributed by atoms with E-state index in [1.807, 2.05) is 28.2 Å². The summed E-state index contributed by atoms with van der Waals surface area (Å²) in [6, 6.07) is 0.